The molecule has 3 heterocycles. The Balaban J connectivity index is 1.48. The van der Waals surface area contributed by atoms with Gasteiger partial charge in [-0.05, 0) is 31.0 Å². The highest BCUT2D eigenvalue weighted by atomic mass is 35.5. The Morgan fingerprint density at radius 3 is 2.86 bits per heavy atom. The molecule has 8 nitrogen and oxygen atoms in total. The maximum Gasteiger partial charge on any atom is 0.228 e. The number of ether oxygens (including phenoxy) is 1. The minimum Gasteiger partial charge on any atom is -0.495 e. The number of hydrogen-bond donors (Lipinski definition) is 0. The van der Waals surface area contributed by atoms with Crippen molar-refractivity contribution < 1.29 is 14.3 Å². The maximum atomic E-state index is 13.2. The summed E-state index contributed by atoms with van der Waals surface area (Å²) in [5.41, 5.74) is 0.607. The lowest BCUT2D eigenvalue weighted by atomic mass is 9.95. The van der Waals surface area contributed by atoms with Crippen LogP contribution in [0.1, 0.15) is 31.0 Å². The van der Waals surface area contributed by atoms with Crippen molar-refractivity contribution in [2.24, 2.45) is 13.0 Å². The molecule has 0 spiro atoms. The van der Waals surface area contributed by atoms with Crippen LogP contribution in [-0.4, -0.2) is 58.2 Å². The van der Waals surface area contributed by atoms with E-state index in [1.165, 1.54) is 0 Å². The Bertz CT molecular complexity index is 931. The van der Waals surface area contributed by atoms with Crippen LogP contribution in [0.3, 0.4) is 0 Å². The Labute approximate surface area is 174 Å². The van der Waals surface area contributed by atoms with Gasteiger partial charge < -0.3 is 19.1 Å². The molecular weight excluding hydrogens is 394 g/mol. The summed E-state index contributed by atoms with van der Waals surface area (Å²) in [5.74, 6) is 1.19. The maximum absolute atomic E-state index is 13.2. The molecule has 2 aromatic rings. The number of hydrogen-bond acceptors (Lipinski definition) is 5. The number of halogens is 1. The first-order chi connectivity index (χ1) is 14.0. The smallest absolute Gasteiger partial charge is 0.228 e. The zero-order chi connectivity index (χ0) is 20.5. The number of piperidine rings is 1. The molecule has 2 atom stereocenters. The van der Waals surface area contributed by atoms with Crippen molar-refractivity contribution in [3.8, 4) is 5.75 Å². The molecule has 4 rings (SSSR count). The van der Waals surface area contributed by atoms with Gasteiger partial charge in [-0.2, -0.15) is 0 Å². The lowest BCUT2D eigenvalue weighted by Crippen LogP contribution is -2.43. The van der Waals surface area contributed by atoms with Crippen LogP contribution in [0, 0.1) is 5.92 Å². The topological polar surface area (TPSA) is 80.6 Å². The van der Waals surface area contributed by atoms with Crippen LogP contribution in [0.25, 0.3) is 0 Å². The highest BCUT2D eigenvalue weighted by Crippen LogP contribution is 2.36. The van der Waals surface area contributed by atoms with E-state index in [-0.39, 0.29) is 30.1 Å². The largest absolute Gasteiger partial charge is 0.495 e. The number of likely N-dealkylation sites (tertiary alicyclic amines) is 1. The molecule has 0 bridgehead atoms. The molecule has 2 aliphatic heterocycles. The molecule has 0 N–H and O–H groups in total. The van der Waals surface area contributed by atoms with Crippen molar-refractivity contribution in [2.45, 2.75) is 25.2 Å². The molecule has 9 heteroatoms. The molecule has 154 valence electrons. The lowest BCUT2D eigenvalue weighted by Gasteiger charge is -2.33. The van der Waals surface area contributed by atoms with Crippen LogP contribution < -0.4 is 9.64 Å². The zero-order valence-electron chi connectivity index (χ0n) is 16.5. The number of nitrogens with zero attached hydrogens (tertiary/aromatic N) is 5. The second-order valence-corrected chi connectivity index (χ2v) is 8.08. The Hall–Kier alpha value is -2.61. The second kappa shape index (κ2) is 8.02. The highest BCUT2D eigenvalue weighted by molar-refractivity contribution is 6.31. The normalized spacial score (nSPS) is 22.2. The van der Waals surface area contributed by atoms with Crippen LogP contribution in [0.2, 0.25) is 5.02 Å². The molecule has 0 radical (unpaired) electrons. The molecule has 2 aliphatic rings. The summed E-state index contributed by atoms with van der Waals surface area (Å²) in [6, 6.07) is 5.15. The Kier molecular flexibility index (Phi) is 5.45. The van der Waals surface area contributed by atoms with Crippen molar-refractivity contribution in [3.05, 3.63) is 35.4 Å². The van der Waals surface area contributed by atoms with Gasteiger partial charge in [-0.1, -0.05) is 11.6 Å². The average Bonchev–Trinajstić information content (AvgIpc) is 3.33. The molecule has 2 unspecified atom stereocenters. The molecule has 2 saturated heterocycles. The lowest BCUT2D eigenvalue weighted by molar-refractivity contribution is -0.137. The average molecular weight is 418 g/mol. The number of rotatable bonds is 4. The summed E-state index contributed by atoms with van der Waals surface area (Å²) in [6.07, 6.45) is 3.77. The molecule has 0 aliphatic carbocycles. The first-order valence-electron chi connectivity index (χ1n) is 9.74. The summed E-state index contributed by atoms with van der Waals surface area (Å²) in [6.45, 7) is 1.65. The van der Waals surface area contributed by atoms with Gasteiger partial charge in [0.2, 0.25) is 11.8 Å². The fourth-order valence-corrected chi connectivity index (χ4v) is 4.45. The quantitative estimate of drug-likeness (QED) is 0.762. The number of methoxy groups -OCH3 is 1. The summed E-state index contributed by atoms with van der Waals surface area (Å²) in [4.78, 5) is 29.4. The van der Waals surface area contributed by atoms with E-state index in [9.17, 15) is 9.59 Å². The molecule has 2 fully saturated rings. The Morgan fingerprint density at radius 2 is 2.14 bits per heavy atom. The van der Waals surface area contributed by atoms with Gasteiger partial charge in [-0.3, -0.25) is 9.59 Å². The summed E-state index contributed by atoms with van der Waals surface area (Å²) >= 11 is 6.12. The van der Waals surface area contributed by atoms with E-state index in [0.29, 0.717) is 36.1 Å². The molecule has 1 aromatic carbocycles. The third-order valence-corrected chi connectivity index (χ3v) is 5.99. The van der Waals surface area contributed by atoms with Crippen LogP contribution in [0.5, 0.6) is 5.75 Å². The fourth-order valence-electron chi connectivity index (χ4n) is 4.29. The highest BCUT2D eigenvalue weighted by Gasteiger charge is 2.39. The van der Waals surface area contributed by atoms with Gasteiger partial charge in [0, 0.05) is 44.0 Å². The van der Waals surface area contributed by atoms with Crippen molar-refractivity contribution in [1.82, 2.24) is 19.7 Å². The standard InChI is InChI=1S/C20H24ClN5O3/c1-24-12-22-23-19(24)13-4-3-7-25(10-13)20(28)14-8-18(27)26(11-14)16-9-15(21)5-6-17(16)29-2/h5-6,9,12-14H,3-4,7-8,10-11H2,1-2H3. The predicted octanol–water partition coefficient (Wildman–Crippen LogP) is 2.24. The number of carbonyl (C=O) groups excluding carboxylic acids is 2. The SMILES string of the molecule is COc1ccc(Cl)cc1N1CC(C(=O)N2CCCC(c3nncn3C)C2)CC1=O. The van der Waals surface area contributed by atoms with E-state index >= 15 is 0 Å². The van der Waals surface area contributed by atoms with Crippen molar-refractivity contribution in [2.75, 3.05) is 31.6 Å². The number of amides is 2. The molecule has 0 saturated carbocycles. The van der Waals surface area contributed by atoms with E-state index in [2.05, 4.69) is 10.2 Å². The predicted molar refractivity (Wildman–Crippen MR) is 108 cm³/mol. The van der Waals surface area contributed by atoms with Gasteiger partial charge in [0.1, 0.15) is 17.9 Å². The van der Waals surface area contributed by atoms with Crippen molar-refractivity contribution >= 4 is 29.1 Å². The van der Waals surface area contributed by atoms with Crippen molar-refractivity contribution in [1.29, 1.82) is 0 Å². The summed E-state index contributed by atoms with van der Waals surface area (Å²) in [7, 11) is 3.47. The summed E-state index contributed by atoms with van der Waals surface area (Å²) in [5, 5.41) is 8.68. The number of aryl methyl sites for hydroxylation is 1. The molecule has 1 aromatic heterocycles. The number of aromatic nitrogens is 3. The molecular formula is C20H24ClN5O3. The number of anilines is 1. The van der Waals surface area contributed by atoms with Crippen LogP contribution in [0.15, 0.2) is 24.5 Å². The zero-order valence-corrected chi connectivity index (χ0v) is 17.3. The third-order valence-electron chi connectivity index (χ3n) is 5.75. The number of carbonyl (C=O) groups is 2. The minimum absolute atomic E-state index is 0.0220. The van der Waals surface area contributed by atoms with E-state index < -0.39 is 0 Å². The van der Waals surface area contributed by atoms with Crippen LogP contribution in [0.4, 0.5) is 5.69 Å². The van der Waals surface area contributed by atoms with E-state index in [4.69, 9.17) is 16.3 Å². The Morgan fingerprint density at radius 1 is 1.31 bits per heavy atom. The van der Waals surface area contributed by atoms with Gasteiger partial charge in [-0.25, -0.2) is 0 Å². The first kappa shape index (κ1) is 19.7. The monoisotopic (exact) mass is 417 g/mol. The molecule has 2 amide bonds. The van der Waals surface area contributed by atoms with Gasteiger partial charge in [-0.15, -0.1) is 10.2 Å². The first-order valence-corrected chi connectivity index (χ1v) is 10.1. The third kappa shape index (κ3) is 3.81. The van der Waals surface area contributed by atoms with E-state index in [1.807, 2.05) is 16.5 Å². The van der Waals surface area contributed by atoms with Crippen LogP contribution in [-0.2, 0) is 16.6 Å². The van der Waals surface area contributed by atoms with E-state index in [0.717, 1.165) is 18.7 Å². The minimum atomic E-state index is -0.371. The van der Waals surface area contributed by atoms with Crippen LogP contribution >= 0.6 is 11.6 Å². The summed E-state index contributed by atoms with van der Waals surface area (Å²) < 4.78 is 7.28. The van der Waals surface area contributed by atoms with Gasteiger partial charge in [0.05, 0.1) is 18.7 Å². The van der Waals surface area contributed by atoms with Gasteiger partial charge in [0.15, 0.2) is 0 Å². The molecule has 29 heavy (non-hydrogen) atoms. The van der Waals surface area contributed by atoms with E-state index in [1.54, 1.807) is 36.5 Å². The van der Waals surface area contributed by atoms with Gasteiger partial charge in [0.25, 0.3) is 0 Å². The van der Waals surface area contributed by atoms with Gasteiger partial charge >= 0.3 is 0 Å². The fraction of sp³-hybridized carbons (Fsp3) is 0.500. The van der Waals surface area contributed by atoms with Crippen molar-refractivity contribution in [3.63, 3.8) is 0 Å². The second-order valence-electron chi connectivity index (χ2n) is 7.65. The number of benzene rings is 1.